The van der Waals surface area contributed by atoms with Crippen LogP contribution in [0.25, 0.3) is 0 Å². The van der Waals surface area contributed by atoms with Crippen molar-refractivity contribution in [2.24, 2.45) is 0 Å². The topological polar surface area (TPSA) is 9.23 Å². The molecule has 0 bridgehead atoms. The molecule has 0 aromatic heterocycles. The molecule has 2 heteroatoms. The quantitative estimate of drug-likeness (QED) is 0.749. The molecule has 0 amide bonds. The van der Waals surface area contributed by atoms with Gasteiger partial charge in [0.1, 0.15) is 5.75 Å². The molecule has 0 saturated carbocycles. The Morgan fingerprint density at radius 2 is 2.31 bits per heavy atom. The Morgan fingerprint density at radius 1 is 1.50 bits per heavy atom. The average molecular weight is 283 g/mol. The molecule has 0 fully saturated rings. The van der Waals surface area contributed by atoms with Gasteiger partial charge in [-0.25, -0.2) is 0 Å². The van der Waals surface area contributed by atoms with Gasteiger partial charge in [0.25, 0.3) is 0 Å². The first kappa shape index (κ1) is 12.0. The third-order valence-electron chi connectivity index (χ3n) is 3.48. The number of methoxy groups -OCH3 is 1. The Kier molecular flexibility index (Phi) is 3.91. The van der Waals surface area contributed by atoms with Crippen LogP contribution in [0.4, 0.5) is 0 Å². The fraction of sp³-hybridized carbons (Fsp3) is 0.571. The van der Waals surface area contributed by atoms with Crippen LogP contribution in [0.2, 0.25) is 0 Å². The van der Waals surface area contributed by atoms with E-state index in [1.54, 1.807) is 7.11 Å². The van der Waals surface area contributed by atoms with Gasteiger partial charge in [-0.15, -0.1) is 0 Å². The SMILES string of the molecule is CCCC(Br)C1CCc2ccc(OC)cc21. The van der Waals surface area contributed by atoms with E-state index >= 15 is 0 Å². The predicted molar refractivity (Wildman–Crippen MR) is 71.7 cm³/mol. The van der Waals surface area contributed by atoms with Gasteiger partial charge in [0, 0.05) is 4.83 Å². The summed E-state index contributed by atoms with van der Waals surface area (Å²) in [5.74, 6) is 1.66. The molecule has 16 heavy (non-hydrogen) atoms. The molecular formula is C14H19BrO. The second-order valence-electron chi connectivity index (χ2n) is 4.51. The maximum absolute atomic E-state index is 5.31. The fourth-order valence-electron chi connectivity index (χ4n) is 2.59. The second-order valence-corrected chi connectivity index (χ2v) is 5.69. The van der Waals surface area contributed by atoms with Crippen molar-refractivity contribution < 1.29 is 4.74 Å². The smallest absolute Gasteiger partial charge is 0.119 e. The molecule has 2 unspecified atom stereocenters. The minimum Gasteiger partial charge on any atom is -0.497 e. The van der Waals surface area contributed by atoms with Gasteiger partial charge < -0.3 is 4.74 Å². The highest BCUT2D eigenvalue weighted by Gasteiger charge is 2.28. The molecule has 1 aromatic rings. The lowest BCUT2D eigenvalue weighted by Crippen LogP contribution is -2.09. The van der Waals surface area contributed by atoms with Gasteiger partial charge in [-0.05, 0) is 48.4 Å². The highest BCUT2D eigenvalue weighted by molar-refractivity contribution is 9.09. The summed E-state index contributed by atoms with van der Waals surface area (Å²) in [4.78, 5) is 0.617. The lowest BCUT2D eigenvalue weighted by Gasteiger charge is -2.18. The minimum atomic E-state index is 0.617. The first-order chi connectivity index (χ1) is 7.76. The van der Waals surface area contributed by atoms with Crippen LogP contribution >= 0.6 is 15.9 Å². The monoisotopic (exact) mass is 282 g/mol. The number of fused-ring (bicyclic) bond motifs is 1. The molecule has 1 aliphatic carbocycles. The first-order valence-corrected chi connectivity index (χ1v) is 6.98. The summed E-state index contributed by atoms with van der Waals surface area (Å²) in [5, 5.41) is 0. The van der Waals surface area contributed by atoms with E-state index in [0.717, 1.165) is 5.75 Å². The van der Waals surface area contributed by atoms with Crippen molar-refractivity contribution in [3.8, 4) is 5.75 Å². The molecule has 0 radical (unpaired) electrons. The van der Waals surface area contributed by atoms with E-state index < -0.39 is 0 Å². The Morgan fingerprint density at radius 3 is 3.00 bits per heavy atom. The molecule has 0 spiro atoms. The largest absolute Gasteiger partial charge is 0.497 e. The van der Waals surface area contributed by atoms with Crippen LogP contribution in [-0.4, -0.2) is 11.9 Å². The van der Waals surface area contributed by atoms with Gasteiger partial charge in [0.2, 0.25) is 0 Å². The highest BCUT2D eigenvalue weighted by Crippen LogP contribution is 2.41. The van der Waals surface area contributed by atoms with E-state index in [9.17, 15) is 0 Å². The molecule has 2 atom stereocenters. The van der Waals surface area contributed by atoms with Crippen molar-refractivity contribution in [1.82, 2.24) is 0 Å². The van der Waals surface area contributed by atoms with Crippen molar-refractivity contribution in [2.75, 3.05) is 7.11 Å². The van der Waals surface area contributed by atoms with E-state index in [4.69, 9.17) is 4.74 Å². The Balaban J connectivity index is 2.23. The summed E-state index contributed by atoms with van der Waals surface area (Å²) < 4.78 is 5.31. The van der Waals surface area contributed by atoms with E-state index in [1.165, 1.54) is 36.8 Å². The number of hydrogen-bond donors (Lipinski definition) is 0. The number of ether oxygens (including phenoxy) is 1. The van der Waals surface area contributed by atoms with Gasteiger partial charge in [-0.2, -0.15) is 0 Å². The molecule has 0 heterocycles. The van der Waals surface area contributed by atoms with Gasteiger partial charge in [-0.1, -0.05) is 35.3 Å². The zero-order valence-electron chi connectivity index (χ0n) is 10.0. The summed E-state index contributed by atoms with van der Waals surface area (Å²) in [6, 6.07) is 6.51. The Hall–Kier alpha value is -0.500. The standard InChI is InChI=1S/C14H19BrO/c1-3-4-14(15)12-8-6-10-5-7-11(16-2)9-13(10)12/h5,7,9,12,14H,3-4,6,8H2,1-2H3. The van der Waals surface area contributed by atoms with E-state index in [1.807, 2.05) is 0 Å². The van der Waals surface area contributed by atoms with Gasteiger partial charge >= 0.3 is 0 Å². The van der Waals surface area contributed by atoms with Crippen molar-refractivity contribution in [2.45, 2.75) is 43.4 Å². The van der Waals surface area contributed by atoms with Crippen LogP contribution in [0.1, 0.15) is 43.2 Å². The molecular weight excluding hydrogens is 264 g/mol. The van der Waals surface area contributed by atoms with Gasteiger partial charge in [0.05, 0.1) is 7.11 Å². The normalized spacial score (nSPS) is 20.6. The molecule has 2 rings (SSSR count). The number of benzene rings is 1. The summed E-state index contributed by atoms with van der Waals surface area (Å²) >= 11 is 3.84. The fourth-order valence-corrected chi connectivity index (χ4v) is 3.60. The van der Waals surface area contributed by atoms with Crippen molar-refractivity contribution in [3.05, 3.63) is 29.3 Å². The van der Waals surface area contributed by atoms with Crippen LogP contribution in [0, 0.1) is 0 Å². The van der Waals surface area contributed by atoms with Crippen molar-refractivity contribution >= 4 is 15.9 Å². The third-order valence-corrected chi connectivity index (χ3v) is 4.57. The van der Waals surface area contributed by atoms with E-state index in [2.05, 4.69) is 41.1 Å². The molecule has 1 aromatic carbocycles. The molecule has 1 aliphatic rings. The number of rotatable bonds is 4. The van der Waals surface area contributed by atoms with E-state index in [-0.39, 0.29) is 0 Å². The second kappa shape index (κ2) is 5.22. The number of halogens is 1. The first-order valence-electron chi connectivity index (χ1n) is 6.07. The van der Waals surface area contributed by atoms with Crippen molar-refractivity contribution in [3.63, 3.8) is 0 Å². The third kappa shape index (κ3) is 2.27. The van der Waals surface area contributed by atoms with Gasteiger partial charge in [-0.3, -0.25) is 0 Å². The maximum atomic E-state index is 5.31. The van der Waals surface area contributed by atoms with Crippen LogP contribution in [-0.2, 0) is 6.42 Å². The minimum absolute atomic E-state index is 0.617. The molecule has 0 aliphatic heterocycles. The molecule has 88 valence electrons. The average Bonchev–Trinajstić information content (AvgIpc) is 2.71. The number of aryl methyl sites for hydroxylation is 1. The number of hydrogen-bond acceptors (Lipinski definition) is 1. The predicted octanol–water partition coefficient (Wildman–Crippen LogP) is 4.29. The van der Waals surface area contributed by atoms with Crippen molar-refractivity contribution in [1.29, 1.82) is 0 Å². The highest BCUT2D eigenvalue weighted by atomic mass is 79.9. The Labute approximate surface area is 106 Å². The molecule has 0 saturated heterocycles. The summed E-state index contributed by atoms with van der Waals surface area (Å²) in [6.07, 6.45) is 4.99. The van der Waals surface area contributed by atoms with Crippen LogP contribution in [0.3, 0.4) is 0 Å². The van der Waals surface area contributed by atoms with Crippen LogP contribution < -0.4 is 4.74 Å². The summed E-state index contributed by atoms with van der Waals surface area (Å²) in [6.45, 7) is 2.25. The summed E-state index contributed by atoms with van der Waals surface area (Å²) in [5.41, 5.74) is 3.00. The lowest BCUT2D eigenvalue weighted by molar-refractivity contribution is 0.414. The van der Waals surface area contributed by atoms with Crippen LogP contribution in [0.5, 0.6) is 5.75 Å². The zero-order valence-corrected chi connectivity index (χ0v) is 11.6. The molecule has 0 N–H and O–H groups in total. The van der Waals surface area contributed by atoms with Gasteiger partial charge in [0.15, 0.2) is 0 Å². The lowest BCUT2D eigenvalue weighted by atomic mass is 9.95. The molecule has 1 nitrogen and oxygen atoms in total. The van der Waals surface area contributed by atoms with Crippen LogP contribution in [0.15, 0.2) is 18.2 Å². The van der Waals surface area contributed by atoms with E-state index in [0.29, 0.717) is 10.7 Å². The number of alkyl halides is 1. The Bertz CT molecular complexity index is 362. The summed E-state index contributed by atoms with van der Waals surface area (Å²) in [7, 11) is 1.74. The zero-order chi connectivity index (χ0) is 11.5. The maximum Gasteiger partial charge on any atom is 0.119 e.